The van der Waals surface area contributed by atoms with E-state index >= 15 is 0 Å². The summed E-state index contributed by atoms with van der Waals surface area (Å²) in [5.41, 5.74) is 1.51. The Balaban J connectivity index is 1.68. The lowest BCUT2D eigenvalue weighted by atomic mass is 9.98. The second-order valence-corrected chi connectivity index (χ2v) is 7.05. The summed E-state index contributed by atoms with van der Waals surface area (Å²) in [6.45, 7) is 5.53. The van der Waals surface area contributed by atoms with Gasteiger partial charge in [0.2, 0.25) is 0 Å². The molecule has 0 aliphatic carbocycles. The highest BCUT2D eigenvalue weighted by Gasteiger charge is 2.26. The zero-order chi connectivity index (χ0) is 19.4. The van der Waals surface area contributed by atoms with E-state index in [2.05, 4.69) is 4.98 Å². The second-order valence-electron chi connectivity index (χ2n) is 7.05. The molecule has 1 amide bonds. The monoisotopic (exact) mass is 365 g/mol. The SMILES string of the molecule is Cc1cccc(OC[C@@H]2CCCN(C(=O)c3cc(C#N)c(=O)[nH]c3C)C2)c1. The van der Waals surface area contributed by atoms with Gasteiger partial charge in [-0.2, -0.15) is 5.26 Å². The molecule has 1 aliphatic rings. The number of aromatic amines is 1. The van der Waals surface area contributed by atoms with Crippen LogP contribution >= 0.6 is 0 Å². The largest absolute Gasteiger partial charge is 0.493 e. The lowest BCUT2D eigenvalue weighted by Gasteiger charge is -2.33. The van der Waals surface area contributed by atoms with Crippen molar-refractivity contribution in [2.45, 2.75) is 26.7 Å². The van der Waals surface area contributed by atoms with E-state index in [-0.39, 0.29) is 17.4 Å². The van der Waals surface area contributed by atoms with Crippen molar-refractivity contribution in [2.24, 2.45) is 5.92 Å². The number of nitrogens with one attached hydrogen (secondary N) is 1. The van der Waals surface area contributed by atoms with Crippen LogP contribution in [0.2, 0.25) is 0 Å². The highest BCUT2D eigenvalue weighted by Crippen LogP contribution is 2.21. The Bertz CT molecular complexity index is 942. The Morgan fingerprint density at radius 2 is 2.19 bits per heavy atom. The molecule has 0 radical (unpaired) electrons. The van der Waals surface area contributed by atoms with Crippen LogP contribution in [-0.4, -0.2) is 35.5 Å². The van der Waals surface area contributed by atoms with Gasteiger partial charge in [0.25, 0.3) is 11.5 Å². The lowest BCUT2D eigenvalue weighted by Crippen LogP contribution is -2.42. The number of nitriles is 1. The van der Waals surface area contributed by atoms with Crippen LogP contribution in [0.5, 0.6) is 5.75 Å². The smallest absolute Gasteiger partial charge is 0.266 e. The molecule has 6 heteroatoms. The molecule has 27 heavy (non-hydrogen) atoms. The molecule has 1 fully saturated rings. The summed E-state index contributed by atoms with van der Waals surface area (Å²) in [6.07, 6.45) is 1.91. The first-order valence-corrected chi connectivity index (χ1v) is 9.10. The number of nitrogens with zero attached hydrogens (tertiary/aromatic N) is 2. The quantitative estimate of drug-likeness (QED) is 0.903. The Morgan fingerprint density at radius 1 is 1.37 bits per heavy atom. The van der Waals surface area contributed by atoms with Crippen molar-refractivity contribution in [3.63, 3.8) is 0 Å². The van der Waals surface area contributed by atoms with E-state index in [0.717, 1.165) is 24.2 Å². The van der Waals surface area contributed by atoms with Crippen molar-refractivity contribution >= 4 is 5.91 Å². The number of carbonyl (C=O) groups excluding carboxylic acids is 1. The topological polar surface area (TPSA) is 86.2 Å². The number of hydrogen-bond acceptors (Lipinski definition) is 4. The van der Waals surface area contributed by atoms with Gasteiger partial charge in [-0.05, 0) is 50.5 Å². The Labute approximate surface area is 158 Å². The van der Waals surface area contributed by atoms with E-state index < -0.39 is 5.56 Å². The van der Waals surface area contributed by atoms with E-state index in [9.17, 15) is 9.59 Å². The molecule has 2 heterocycles. The molecule has 1 aromatic heterocycles. The number of benzene rings is 1. The average molecular weight is 365 g/mol. The molecule has 0 unspecified atom stereocenters. The summed E-state index contributed by atoms with van der Waals surface area (Å²) in [7, 11) is 0. The van der Waals surface area contributed by atoms with Crippen molar-refractivity contribution in [3.8, 4) is 11.8 Å². The van der Waals surface area contributed by atoms with Crippen molar-refractivity contribution in [1.29, 1.82) is 5.26 Å². The van der Waals surface area contributed by atoms with Gasteiger partial charge in [0.15, 0.2) is 0 Å². The Hall–Kier alpha value is -3.07. The summed E-state index contributed by atoms with van der Waals surface area (Å²) in [5, 5.41) is 9.05. The molecular weight excluding hydrogens is 342 g/mol. The van der Waals surface area contributed by atoms with Crippen LogP contribution < -0.4 is 10.3 Å². The Morgan fingerprint density at radius 3 is 2.93 bits per heavy atom. The maximum atomic E-state index is 12.9. The first-order chi connectivity index (χ1) is 13.0. The van der Waals surface area contributed by atoms with Crippen molar-refractivity contribution in [2.75, 3.05) is 19.7 Å². The predicted octanol–water partition coefficient (Wildman–Crippen LogP) is 2.79. The summed E-state index contributed by atoms with van der Waals surface area (Å²) in [4.78, 5) is 29.0. The number of amides is 1. The average Bonchev–Trinajstić information content (AvgIpc) is 2.66. The minimum Gasteiger partial charge on any atom is -0.493 e. The number of pyridine rings is 1. The first kappa shape index (κ1) is 18.7. The van der Waals surface area contributed by atoms with Crippen LogP contribution in [0.1, 0.15) is 40.0 Å². The third-order valence-electron chi connectivity index (χ3n) is 4.87. The van der Waals surface area contributed by atoms with E-state index in [0.29, 0.717) is 31.0 Å². The van der Waals surface area contributed by atoms with Crippen molar-refractivity contribution in [3.05, 3.63) is 63.1 Å². The third-order valence-corrected chi connectivity index (χ3v) is 4.87. The molecule has 0 bridgehead atoms. The molecule has 1 atom stereocenters. The molecular formula is C21H23N3O3. The minimum absolute atomic E-state index is 0.0414. The van der Waals surface area contributed by atoms with Gasteiger partial charge in [-0.3, -0.25) is 9.59 Å². The van der Waals surface area contributed by atoms with Crippen LogP contribution in [-0.2, 0) is 0 Å². The van der Waals surface area contributed by atoms with E-state index in [1.54, 1.807) is 11.8 Å². The molecule has 140 valence electrons. The number of hydrogen-bond donors (Lipinski definition) is 1. The number of piperidine rings is 1. The summed E-state index contributed by atoms with van der Waals surface area (Å²) in [6, 6.07) is 11.2. The number of H-pyrrole nitrogens is 1. The van der Waals surface area contributed by atoms with Crippen molar-refractivity contribution in [1.82, 2.24) is 9.88 Å². The van der Waals surface area contributed by atoms with Gasteiger partial charge in [0.1, 0.15) is 17.4 Å². The first-order valence-electron chi connectivity index (χ1n) is 9.10. The molecule has 1 N–H and O–H groups in total. The molecule has 1 aromatic carbocycles. The van der Waals surface area contributed by atoms with Gasteiger partial charge >= 0.3 is 0 Å². The van der Waals surface area contributed by atoms with Crippen LogP contribution in [0.3, 0.4) is 0 Å². The van der Waals surface area contributed by atoms with E-state index in [4.69, 9.17) is 10.00 Å². The summed E-state index contributed by atoms with van der Waals surface area (Å²) < 4.78 is 5.91. The predicted molar refractivity (Wildman–Crippen MR) is 102 cm³/mol. The van der Waals surface area contributed by atoms with Gasteiger partial charge in [-0.15, -0.1) is 0 Å². The fraction of sp³-hybridized carbons (Fsp3) is 0.381. The number of carbonyl (C=O) groups is 1. The number of aromatic nitrogens is 1. The highest BCUT2D eigenvalue weighted by atomic mass is 16.5. The van der Waals surface area contributed by atoms with Crippen LogP contribution in [0.15, 0.2) is 35.1 Å². The van der Waals surface area contributed by atoms with E-state index in [1.165, 1.54) is 6.07 Å². The molecule has 1 aliphatic heterocycles. The zero-order valence-electron chi connectivity index (χ0n) is 15.6. The second kappa shape index (κ2) is 8.09. The maximum Gasteiger partial charge on any atom is 0.266 e. The van der Waals surface area contributed by atoms with Crippen LogP contribution in [0, 0.1) is 31.1 Å². The molecule has 3 rings (SSSR count). The zero-order valence-corrected chi connectivity index (χ0v) is 15.6. The number of aryl methyl sites for hydroxylation is 2. The standard InChI is InChI=1S/C21H23N3O3/c1-14-5-3-7-18(9-14)27-13-16-6-4-8-24(12-16)21(26)19-10-17(11-22)20(25)23-15(19)2/h3,5,7,9-10,16H,4,6,8,12-13H2,1-2H3,(H,23,25)/t16-/m1/s1. The van der Waals surface area contributed by atoms with Gasteiger partial charge in [-0.25, -0.2) is 0 Å². The van der Waals surface area contributed by atoms with Gasteiger partial charge in [0, 0.05) is 24.7 Å². The normalized spacial score (nSPS) is 16.6. The number of ether oxygens (including phenoxy) is 1. The molecule has 0 saturated carbocycles. The maximum absolute atomic E-state index is 12.9. The van der Waals surface area contributed by atoms with Gasteiger partial charge in [-0.1, -0.05) is 12.1 Å². The number of likely N-dealkylation sites (tertiary alicyclic amines) is 1. The summed E-state index contributed by atoms with van der Waals surface area (Å²) in [5.74, 6) is 0.941. The molecule has 0 spiro atoms. The van der Waals surface area contributed by atoms with E-state index in [1.807, 2.05) is 37.3 Å². The summed E-state index contributed by atoms with van der Waals surface area (Å²) >= 11 is 0. The molecule has 2 aromatic rings. The van der Waals surface area contributed by atoms with Gasteiger partial charge < -0.3 is 14.6 Å². The minimum atomic E-state index is -0.463. The fourth-order valence-electron chi connectivity index (χ4n) is 3.40. The van der Waals surface area contributed by atoms with Crippen molar-refractivity contribution < 1.29 is 9.53 Å². The fourth-order valence-corrected chi connectivity index (χ4v) is 3.40. The Kier molecular flexibility index (Phi) is 5.60. The van der Waals surface area contributed by atoms with Crippen LogP contribution in [0.25, 0.3) is 0 Å². The number of rotatable bonds is 4. The molecule has 1 saturated heterocycles. The third kappa shape index (κ3) is 4.37. The van der Waals surface area contributed by atoms with Crippen LogP contribution in [0.4, 0.5) is 0 Å². The molecule has 6 nitrogen and oxygen atoms in total. The highest BCUT2D eigenvalue weighted by molar-refractivity contribution is 5.95. The van der Waals surface area contributed by atoms with Gasteiger partial charge in [0.05, 0.1) is 12.2 Å². The lowest BCUT2D eigenvalue weighted by molar-refractivity contribution is 0.0632.